The maximum atomic E-state index is 12.3. The highest BCUT2D eigenvalue weighted by molar-refractivity contribution is 9.10. The summed E-state index contributed by atoms with van der Waals surface area (Å²) in [6, 6.07) is 3.04. The van der Waals surface area contributed by atoms with Gasteiger partial charge in [0.15, 0.2) is 0 Å². The average Bonchev–Trinajstić information content (AvgIpc) is 2.50. The van der Waals surface area contributed by atoms with E-state index in [2.05, 4.69) is 15.9 Å². The minimum absolute atomic E-state index is 0.0217. The molecule has 1 unspecified atom stereocenters. The lowest BCUT2D eigenvalue weighted by atomic mass is 9.98. The highest BCUT2D eigenvalue weighted by atomic mass is 79.9. The molecule has 6 nitrogen and oxygen atoms in total. The van der Waals surface area contributed by atoms with Crippen LogP contribution in [0.3, 0.4) is 0 Å². The molecule has 0 spiro atoms. The van der Waals surface area contributed by atoms with Gasteiger partial charge in [0.1, 0.15) is 6.54 Å². The Morgan fingerprint density at radius 2 is 2.19 bits per heavy atom. The minimum atomic E-state index is -0.285. The number of ether oxygens (including phenoxy) is 1. The van der Waals surface area contributed by atoms with E-state index in [1.807, 2.05) is 0 Å². The number of aromatic nitrogens is 1. The lowest BCUT2D eigenvalue weighted by Gasteiger charge is -2.31. The molecule has 21 heavy (non-hydrogen) atoms. The quantitative estimate of drug-likeness (QED) is 0.758. The van der Waals surface area contributed by atoms with Gasteiger partial charge in [-0.05, 0) is 34.8 Å². The summed E-state index contributed by atoms with van der Waals surface area (Å²) in [6.45, 7) is 0.940. The maximum absolute atomic E-state index is 12.3. The molecule has 2 rings (SSSR count). The number of nitrogens with zero attached hydrogens (tertiary/aromatic N) is 2. The third kappa shape index (κ3) is 3.93. The molecule has 1 fully saturated rings. The van der Waals surface area contributed by atoms with E-state index < -0.39 is 0 Å². The normalized spacial score (nSPS) is 18.4. The van der Waals surface area contributed by atoms with E-state index >= 15 is 0 Å². The smallest absolute Gasteiger partial charge is 0.310 e. The second-order valence-electron chi connectivity index (χ2n) is 5.02. The van der Waals surface area contributed by atoms with Gasteiger partial charge >= 0.3 is 5.97 Å². The fourth-order valence-electron chi connectivity index (χ4n) is 2.43. The van der Waals surface area contributed by atoms with Gasteiger partial charge in [-0.1, -0.05) is 0 Å². The first-order chi connectivity index (χ1) is 10.0. The molecule has 2 heterocycles. The number of esters is 1. The predicted octanol–water partition coefficient (Wildman–Crippen LogP) is 1.02. The third-order valence-corrected chi connectivity index (χ3v) is 4.03. The molecule has 0 aliphatic carbocycles. The van der Waals surface area contributed by atoms with Crippen molar-refractivity contribution in [3.63, 3.8) is 0 Å². The van der Waals surface area contributed by atoms with E-state index in [0.717, 1.165) is 17.3 Å². The van der Waals surface area contributed by atoms with Crippen molar-refractivity contribution in [1.29, 1.82) is 0 Å². The molecule has 114 valence electrons. The van der Waals surface area contributed by atoms with Crippen LogP contribution >= 0.6 is 15.9 Å². The van der Waals surface area contributed by atoms with E-state index in [4.69, 9.17) is 4.74 Å². The van der Waals surface area contributed by atoms with Crippen molar-refractivity contribution in [2.75, 3.05) is 20.2 Å². The summed E-state index contributed by atoms with van der Waals surface area (Å²) in [5.41, 5.74) is -0.229. The molecule has 1 atom stereocenters. The standard InChI is InChI=1S/C14H17BrN2O4/c1-21-14(20)10-3-2-6-16(7-10)13(19)9-17-8-11(15)4-5-12(17)18/h4-5,8,10H,2-3,6-7,9H2,1H3. The number of amides is 1. The first-order valence-electron chi connectivity index (χ1n) is 6.73. The highest BCUT2D eigenvalue weighted by Gasteiger charge is 2.29. The largest absolute Gasteiger partial charge is 0.469 e. The molecular weight excluding hydrogens is 340 g/mol. The molecule has 1 aromatic rings. The van der Waals surface area contributed by atoms with Gasteiger partial charge in [0.25, 0.3) is 5.56 Å². The molecule has 0 saturated carbocycles. The second-order valence-corrected chi connectivity index (χ2v) is 5.93. The Morgan fingerprint density at radius 1 is 1.43 bits per heavy atom. The fourth-order valence-corrected chi connectivity index (χ4v) is 2.81. The van der Waals surface area contributed by atoms with Gasteiger partial charge in [0, 0.05) is 29.8 Å². The highest BCUT2D eigenvalue weighted by Crippen LogP contribution is 2.18. The molecule has 1 aromatic heterocycles. The monoisotopic (exact) mass is 356 g/mol. The van der Waals surface area contributed by atoms with Crippen molar-refractivity contribution in [3.8, 4) is 0 Å². The molecule has 0 radical (unpaired) electrons. The van der Waals surface area contributed by atoms with Crippen LogP contribution in [-0.4, -0.2) is 41.5 Å². The zero-order valence-electron chi connectivity index (χ0n) is 11.8. The summed E-state index contributed by atoms with van der Waals surface area (Å²) < 4.78 is 6.82. The predicted molar refractivity (Wildman–Crippen MR) is 79.7 cm³/mol. The Morgan fingerprint density at radius 3 is 2.90 bits per heavy atom. The Kier molecular flexibility index (Phi) is 5.17. The lowest BCUT2D eigenvalue weighted by Crippen LogP contribution is -2.44. The first kappa shape index (κ1) is 15.8. The number of hydrogen-bond donors (Lipinski definition) is 0. The summed E-state index contributed by atoms with van der Waals surface area (Å²) in [7, 11) is 1.35. The second kappa shape index (κ2) is 6.89. The van der Waals surface area contributed by atoms with Crippen molar-refractivity contribution in [1.82, 2.24) is 9.47 Å². The van der Waals surface area contributed by atoms with Gasteiger partial charge in [0.05, 0.1) is 13.0 Å². The van der Waals surface area contributed by atoms with Gasteiger partial charge in [0.2, 0.25) is 5.91 Å². The van der Waals surface area contributed by atoms with Gasteiger partial charge in [-0.25, -0.2) is 0 Å². The van der Waals surface area contributed by atoms with Crippen LogP contribution in [-0.2, 0) is 20.9 Å². The maximum Gasteiger partial charge on any atom is 0.310 e. The number of piperidine rings is 1. The summed E-state index contributed by atoms with van der Waals surface area (Å²) in [4.78, 5) is 37.2. The van der Waals surface area contributed by atoms with Gasteiger partial charge in [-0.3, -0.25) is 14.4 Å². The summed E-state index contributed by atoms with van der Waals surface area (Å²) >= 11 is 3.27. The Hall–Kier alpha value is -1.63. The van der Waals surface area contributed by atoms with Gasteiger partial charge in [-0.15, -0.1) is 0 Å². The van der Waals surface area contributed by atoms with Crippen LogP contribution in [0.5, 0.6) is 0 Å². The summed E-state index contributed by atoms with van der Waals surface area (Å²) in [5, 5.41) is 0. The molecule has 0 bridgehead atoms. The number of carbonyl (C=O) groups is 2. The number of hydrogen-bond acceptors (Lipinski definition) is 4. The van der Waals surface area contributed by atoms with Gasteiger partial charge in [-0.2, -0.15) is 0 Å². The molecule has 0 aromatic carbocycles. The molecule has 1 aliphatic heterocycles. The molecule has 0 N–H and O–H groups in total. The van der Waals surface area contributed by atoms with Crippen LogP contribution in [0.15, 0.2) is 27.6 Å². The SMILES string of the molecule is COC(=O)C1CCCN(C(=O)Cn2cc(Br)ccc2=O)C1. The first-order valence-corrected chi connectivity index (χ1v) is 7.52. The number of carbonyl (C=O) groups excluding carboxylic acids is 2. The summed E-state index contributed by atoms with van der Waals surface area (Å²) in [6.07, 6.45) is 3.08. The zero-order chi connectivity index (χ0) is 15.4. The third-order valence-electron chi connectivity index (χ3n) is 3.56. The van der Waals surface area contributed by atoms with Crippen LogP contribution in [0.25, 0.3) is 0 Å². The van der Waals surface area contributed by atoms with E-state index in [-0.39, 0.29) is 29.9 Å². The number of methoxy groups -OCH3 is 1. The molecule has 1 saturated heterocycles. The van der Waals surface area contributed by atoms with E-state index in [1.165, 1.54) is 17.7 Å². The fraction of sp³-hybridized carbons (Fsp3) is 0.500. The van der Waals surface area contributed by atoms with E-state index in [1.54, 1.807) is 17.2 Å². The topological polar surface area (TPSA) is 68.6 Å². The van der Waals surface area contributed by atoms with Crippen LogP contribution in [0.2, 0.25) is 0 Å². The van der Waals surface area contributed by atoms with Gasteiger partial charge < -0.3 is 14.2 Å². The number of rotatable bonds is 3. The van der Waals surface area contributed by atoms with Crippen molar-refractivity contribution in [2.45, 2.75) is 19.4 Å². The molecular formula is C14H17BrN2O4. The van der Waals surface area contributed by atoms with Crippen molar-refractivity contribution in [3.05, 3.63) is 33.2 Å². The van der Waals surface area contributed by atoms with Crippen LogP contribution in [0, 0.1) is 5.92 Å². The molecule has 1 amide bonds. The summed E-state index contributed by atoms with van der Waals surface area (Å²) in [5.74, 6) is -0.720. The van der Waals surface area contributed by atoms with Crippen molar-refractivity contribution < 1.29 is 14.3 Å². The molecule has 7 heteroatoms. The molecule has 1 aliphatic rings. The van der Waals surface area contributed by atoms with Crippen molar-refractivity contribution >= 4 is 27.8 Å². The Balaban J connectivity index is 2.04. The Bertz CT molecular complexity index is 599. The van der Waals surface area contributed by atoms with Crippen molar-refractivity contribution in [2.24, 2.45) is 5.92 Å². The van der Waals surface area contributed by atoms with Crippen LogP contribution < -0.4 is 5.56 Å². The number of pyridine rings is 1. The minimum Gasteiger partial charge on any atom is -0.469 e. The Labute approximate surface area is 130 Å². The zero-order valence-corrected chi connectivity index (χ0v) is 13.3. The van der Waals surface area contributed by atoms with E-state index in [9.17, 15) is 14.4 Å². The lowest BCUT2D eigenvalue weighted by molar-refractivity contribution is -0.149. The van der Waals surface area contributed by atoms with Crippen LogP contribution in [0.4, 0.5) is 0 Å². The van der Waals surface area contributed by atoms with Crippen LogP contribution in [0.1, 0.15) is 12.8 Å². The number of likely N-dealkylation sites (tertiary alicyclic amines) is 1. The number of halogens is 1. The van der Waals surface area contributed by atoms with E-state index in [0.29, 0.717) is 13.1 Å². The average molecular weight is 357 g/mol.